The Balaban J connectivity index is 1.51. The Morgan fingerprint density at radius 1 is 1.12 bits per heavy atom. The Morgan fingerprint density at radius 2 is 1.85 bits per heavy atom. The van der Waals surface area contributed by atoms with E-state index in [9.17, 15) is 9.59 Å². The zero-order valence-electron chi connectivity index (χ0n) is 17.7. The first-order valence-corrected chi connectivity index (χ1v) is 10.7. The van der Waals surface area contributed by atoms with Gasteiger partial charge in [-0.2, -0.15) is 14.8 Å². The predicted molar refractivity (Wildman–Crippen MR) is 123 cm³/mol. The van der Waals surface area contributed by atoms with E-state index in [1.807, 2.05) is 24.3 Å². The molecule has 0 aliphatic rings. The molecule has 0 spiro atoms. The van der Waals surface area contributed by atoms with Gasteiger partial charge in [0.15, 0.2) is 6.61 Å². The van der Waals surface area contributed by atoms with Crippen LogP contribution in [0.25, 0.3) is 17.1 Å². The maximum Gasteiger partial charge on any atom is 0.340 e. The molecule has 8 nitrogen and oxygen atoms in total. The van der Waals surface area contributed by atoms with Gasteiger partial charge in [0.2, 0.25) is 5.82 Å². The molecule has 2 aromatic heterocycles. The summed E-state index contributed by atoms with van der Waals surface area (Å²) in [4.78, 5) is 29.5. The molecule has 0 aliphatic carbocycles. The molecule has 0 radical (unpaired) electrons. The number of carbonyl (C=O) groups excluding carboxylic acids is 1. The van der Waals surface area contributed by atoms with Crippen LogP contribution in [-0.2, 0) is 11.3 Å². The van der Waals surface area contributed by atoms with Crippen molar-refractivity contribution in [2.24, 2.45) is 0 Å². The first kappa shape index (κ1) is 22.7. The van der Waals surface area contributed by atoms with Gasteiger partial charge in [0.05, 0.1) is 22.5 Å². The van der Waals surface area contributed by atoms with Gasteiger partial charge >= 0.3 is 5.97 Å². The number of rotatable bonds is 6. The average Bonchev–Trinajstić information content (AvgIpc) is 3.30. The summed E-state index contributed by atoms with van der Waals surface area (Å²) >= 11 is 11.8. The van der Waals surface area contributed by atoms with Crippen LogP contribution >= 0.6 is 23.2 Å². The van der Waals surface area contributed by atoms with Crippen LogP contribution in [-0.4, -0.2) is 25.9 Å². The fourth-order valence-corrected chi connectivity index (χ4v) is 3.32. The van der Waals surface area contributed by atoms with E-state index >= 15 is 0 Å². The molecule has 0 fully saturated rings. The van der Waals surface area contributed by atoms with Crippen LogP contribution in [0.5, 0.6) is 0 Å². The third kappa shape index (κ3) is 4.81. The first-order chi connectivity index (χ1) is 15.8. The molecule has 4 aromatic rings. The standard InChI is InChI=1S/C23H18Cl2N4O4/c1-13(2)14-7-9-15(10-8-14)21-27-19(33-28-21)12-32-23(31)16-5-3-4-6-18(16)29-22(30)20(25)17(24)11-26-29/h3-11,13H,12H2,1-2H3. The van der Waals surface area contributed by atoms with Crippen LogP contribution in [0.1, 0.15) is 41.6 Å². The number of carbonyl (C=O) groups is 1. The van der Waals surface area contributed by atoms with E-state index < -0.39 is 11.5 Å². The van der Waals surface area contributed by atoms with Crippen LogP contribution in [0, 0.1) is 0 Å². The van der Waals surface area contributed by atoms with Crippen molar-refractivity contribution in [1.29, 1.82) is 0 Å². The second-order valence-electron chi connectivity index (χ2n) is 7.41. The van der Waals surface area contributed by atoms with Gasteiger partial charge in [0.25, 0.3) is 11.4 Å². The minimum absolute atomic E-state index is 0.0176. The van der Waals surface area contributed by atoms with Crippen LogP contribution in [0.15, 0.2) is 64.0 Å². The minimum Gasteiger partial charge on any atom is -0.452 e. The normalized spacial score (nSPS) is 11.1. The molecular weight excluding hydrogens is 467 g/mol. The van der Waals surface area contributed by atoms with E-state index in [-0.39, 0.29) is 33.8 Å². The maximum absolute atomic E-state index is 12.7. The fraction of sp³-hybridized carbons (Fsp3) is 0.174. The highest BCUT2D eigenvalue weighted by Crippen LogP contribution is 2.22. The lowest BCUT2D eigenvalue weighted by Crippen LogP contribution is -2.23. The highest BCUT2D eigenvalue weighted by molar-refractivity contribution is 6.41. The Bertz CT molecular complexity index is 1360. The first-order valence-electron chi connectivity index (χ1n) is 9.98. The summed E-state index contributed by atoms with van der Waals surface area (Å²) in [5.41, 5.74) is 1.63. The number of para-hydroxylation sites is 1. The molecule has 0 aliphatic heterocycles. The molecule has 4 rings (SSSR count). The van der Waals surface area contributed by atoms with Crippen LogP contribution in [0.3, 0.4) is 0 Å². The van der Waals surface area contributed by atoms with E-state index in [1.165, 1.54) is 17.8 Å². The van der Waals surface area contributed by atoms with Crippen LogP contribution in [0.4, 0.5) is 0 Å². The van der Waals surface area contributed by atoms with Crippen LogP contribution in [0.2, 0.25) is 10.0 Å². The lowest BCUT2D eigenvalue weighted by Gasteiger charge is -2.10. The van der Waals surface area contributed by atoms with Gasteiger partial charge in [0.1, 0.15) is 5.02 Å². The van der Waals surface area contributed by atoms with Crippen molar-refractivity contribution in [3.05, 3.63) is 92.1 Å². The van der Waals surface area contributed by atoms with Gasteiger partial charge in [-0.15, -0.1) is 0 Å². The fourth-order valence-electron chi connectivity index (χ4n) is 3.07. The van der Waals surface area contributed by atoms with E-state index in [0.717, 1.165) is 10.2 Å². The lowest BCUT2D eigenvalue weighted by molar-refractivity contribution is 0.0429. The molecule has 33 heavy (non-hydrogen) atoms. The minimum atomic E-state index is -0.702. The predicted octanol–water partition coefficient (Wildman–Crippen LogP) is 5.07. The van der Waals surface area contributed by atoms with Crippen molar-refractivity contribution in [2.75, 3.05) is 0 Å². The molecule has 0 saturated heterocycles. The van der Waals surface area contributed by atoms with Gasteiger partial charge in [-0.3, -0.25) is 4.79 Å². The molecular formula is C23H18Cl2N4O4. The van der Waals surface area contributed by atoms with Gasteiger partial charge in [-0.1, -0.05) is 78.6 Å². The molecule has 0 unspecified atom stereocenters. The molecule has 0 atom stereocenters. The largest absolute Gasteiger partial charge is 0.452 e. The number of benzene rings is 2. The van der Waals surface area contributed by atoms with E-state index in [0.29, 0.717) is 11.7 Å². The van der Waals surface area contributed by atoms with Gasteiger partial charge in [0, 0.05) is 5.56 Å². The summed E-state index contributed by atoms with van der Waals surface area (Å²) in [5, 5.41) is 7.73. The Hall–Kier alpha value is -3.49. The SMILES string of the molecule is CC(C)c1ccc(-c2noc(COC(=O)c3ccccc3-n3ncc(Cl)c(Cl)c3=O)n2)cc1. The Kier molecular flexibility index (Phi) is 6.57. The van der Waals surface area contributed by atoms with Gasteiger partial charge in [-0.25, -0.2) is 4.79 Å². The third-order valence-corrected chi connectivity index (χ3v) is 5.61. The van der Waals surface area contributed by atoms with Gasteiger partial charge in [-0.05, 0) is 23.6 Å². The summed E-state index contributed by atoms with van der Waals surface area (Å²) in [6, 6.07) is 14.2. The van der Waals surface area contributed by atoms with Crippen molar-refractivity contribution in [2.45, 2.75) is 26.4 Å². The Labute approximate surface area is 198 Å². The second-order valence-corrected chi connectivity index (χ2v) is 8.19. The summed E-state index contributed by atoms with van der Waals surface area (Å²) in [6.45, 7) is 3.98. The van der Waals surface area contributed by atoms with Crippen molar-refractivity contribution in [3.63, 3.8) is 0 Å². The Morgan fingerprint density at radius 3 is 2.58 bits per heavy atom. The number of hydrogen-bond acceptors (Lipinski definition) is 7. The summed E-state index contributed by atoms with van der Waals surface area (Å²) in [5.74, 6) is 0.237. The van der Waals surface area contributed by atoms with E-state index in [2.05, 4.69) is 29.1 Å². The number of aromatic nitrogens is 4. The quantitative estimate of drug-likeness (QED) is 0.352. The summed E-state index contributed by atoms with van der Waals surface area (Å²) in [7, 11) is 0. The maximum atomic E-state index is 12.7. The zero-order valence-corrected chi connectivity index (χ0v) is 19.2. The van der Waals surface area contributed by atoms with E-state index in [4.69, 9.17) is 32.5 Å². The van der Waals surface area contributed by atoms with Crippen molar-refractivity contribution in [3.8, 4) is 17.1 Å². The van der Waals surface area contributed by atoms with Crippen LogP contribution < -0.4 is 5.56 Å². The zero-order chi connectivity index (χ0) is 23.5. The van der Waals surface area contributed by atoms with Crippen molar-refractivity contribution >= 4 is 29.2 Å². The molecule has 0 bridgehead atoms. The molecule has 2 aromatic carbocycles. The molecule has 0 amide bonds. The molecule has 0 saturated carbocycles. The topological polar surface area (TPSA) is 100 Å². The average molecular weight is 485 g/mol. The van der Waals surface area contributed by atoms with E-state index in [1.54, 1.807) is 18.2 Å². The highest BCUT2D eigenvalue weighted by atomic mass is 35.5. The molecule has 10 heteroatoms. The van der Waals surface area contributed by atoms with Gasteiger partial charge < -0.3 is 9.26 Å². The smallest absolute Gasteiger partial charge is 0.340 e. The number of nitrogens with zero attached hydrogens (tertiary/aromatic N) is 4. The number of hydrogen-bond donors (Lipinski definition) is 0. The lowest BCUT2D eigenvalue weighted by atomic mass is 10.0. The molecule has 2 heterocycles. The number of halogens is 2. The summed E-state index contributed by atoms with van der Waals surface area (Å²) < 4.78 is 11.5. The number of esters is 1. The highest BCUT2D eigenvalue weighted by Gasteiger charge is 2.19. The van der Waals surface area contributed by atoms with Crippen molar-refractivity contribution in [1.82, 2.24) is 19.9 Å². The second kappa shape index (κ2) is 9.56. The molecule has 0 N–H and O–H groups in total. The molecule has 168 valence electrons. The van der Waals surface area contributed by atoms with Crippen molar-refractivity contribution < 1.29 is 14.1 Å². The number of ether oxygens (including phenoxy) is 1. The third-order valence-electron chi connectivity index (χ3n) is 4.86. The summed E-state index contributed by atoms with van der Waals surface area (Å²) in [6.07, 6.45) is 1.22. The monoisotopic (exact) mass is 484 g/mol.